The van der Waals surface area contributed by atoms with Gasteiger partial charge in [-0.3, -0.25) is 0 Å². The number of allylic oxidation sites excluding steroid dienone is 2. The van der Waals surface area contributed by atoms with E-state index in [1.807, 2.05) is 13.8 Å². The van der Waals surface area contributed by atoms with Crippen molar-refractivity contribution in [2.45, 2.75) is 88.8 Å². The maximum absolute atomic E-state index is 7.06. The highest BCUT2D eigenvalue weighted by Crippen LogP contribution is 2.61. The molecule has 3 saturated carbocycles. The zero-order valence-corrected chi connectivity index (χ0v) is 15.0. The van der Waals surface area contributed by atoms with Crippen LogP contribution in [-0.4, -0.2) is 17.1 Å². The lowest BCUT2D eigenvalue weighted by molar-refractivity contribution is 0.0977. The van der Waals surface area contributed by atoms with Gasteiger partial charge < -0.3 is 11.1 Å². The SMILES string of the molecule is C=C1C=C2CCC3C(CCCC45NC4CCC35)C2(N)CC1.CC. The van der Waals surface area contributed by atoms with E-state index in [0.717, 1.165) is 36.6 Å². The monoisotopic (exact) mass is 314 g/mol. The van der Waals surface area contributed by atoms with Crippen molar-refractivity contribution in [2.75, 3.05) is 0 Å². The molecule has 3 N–H and O–H groups in total. The molecule has 0 aromatic heterocycles. The van der Waals surface area contributed by atoms with Crippen LogP contribution in [0.4, 0.5) is 0 Å². The molecular formula is C21H34N2. The number of fused-ring (bicyclic) bond motifs is 4. The summed E-state index contributed by atoms with van der Waals surface area (Å²) in [4.78, 5) is 0. The van der Waals surface area contributed by atoms with Crippen LogP contribution in [0.25, 0.3) is 0 Å². The minimum Gasteiger partial charge on any atom is -0.321 e. The highest BCUT2D eigenvalue weighted by molar-refractivity contribution is 5.37. The molecule has 0 radical (unpaired) electrons. The van der Waals surface area contributed by atoms with Crippen molar-refractivity contribution < 1.29 is 0 Å². The molecule has 2 heteroatoms. The van der Waals surface area contributed by atoms with Crippen LogP contribution in [0, 0.1) is 17.8 Å². The Morgan fingerprint density at radius 1 is 1.09 bits per heavy atom. The Morgan fingerprint density at radius 3 is 2.70 bits per heavy atom. The molecule has 1 saturated heterocycles. The Kier molecular flexibility index (Phi) is 3.77. The molecule has 1 aliphatic heterocycles. The molecular weight excluding hydrogens is 280 g/mol. The second kappa shape index (κ2) is 5.46. The fourth-order valence-electron chi connectivity index (χ4n) is 6.79. The Morgan fingerprint density at radius 2 is 1.91 bits per heavy atom. The normalized spacial score (nSPS) is 50.2. The molecule has 1 heterocycles. The summed E-state index contributed by atoms with van der Waals surface area (Å²) >= 11 is 0. The molecule has 0 aromatic carbocycles. The topological polar surface area (TPSA) is 48.0 Å². The third kappa shape index (κ3) is 2.14. The molecule has 23 heavy (non-hydrogen) atoms. The Balaban J connectivity index is 0.000000652. The van der Waals surface area contributed by atoms with Crippen LogP contribution in [0.2, 0.25) is 0 Å². The van der Waals surface area contributed by atoms with Gasteiger partial charge in [0.25, 0.3) is 0 Å². The molecule has 5 rings (SSSR count). The summed E-state index contributed by atoms with van der Waals surface area (Å²) in [5, 5.41) is 3.88. The number of nitrogens with two attached hydrogens (primary N) is 1. The minimum atomic E-state index is 0.00259. The lowest BCUT2D eigenvalue weighted by Crippen LogP contribution is -2.56. The van der Waals surface area contributed by atoms with E-state index in [0.29, 0.717) is 5.54 Å². The van der Waals surface area contributed by atoms with E-state index in [1.54, 1.807) is 0 Å². The number of nitrogens with one attached hydrogen (secondary N) is 1. The van der Waals surface area contributed by atoms with Gasteiger partial charge in [0.1, 0.15) is 0 Å². The van der Waals surface area contributed by atoms with Crippen molar-refractivity contribution in [1.82, 2.24) is 5.32 Å². The lowest BCUT2D eigenvalue weighted by Gasteiger charge is -2.51. The largest absolute Gasteiger partial charge is 0.321 e. The van der Waals surface area contributed by atoms with E-state index in [9.17, 15) is 0 Å². The van der Waals surface area contributed by atoms with Gasteiger partial charge in [-0.25, -0.2) is 0 Å². The summed E-state index contributed by atoms with van der Waals surface area (Å²) in [5.41, 5.74) is 10.5. The van der Waals surface area contributed by atoms with E-state index >= 15 is 0 Å². The Hall–Kier alpha value is -0.600. The smallest absolute Gasteiger partial charge is 0.0406 e. The summed E-state index contributed by atoms with van der Waals surface area (Å²) < 4.78 is 0. The predicted molar refractivity (Wildman–Crippen MR) is 97.2 cm³/mol. The van der Waals surface area contributed by atoms with Gasteiger partial charge >= 0.3 is 0 Å². The van der Waals surface area contributed by atoms with Crippen molar-refractivity contribution in [2.24, 2.45) is 23.5 Å². The van der Waals surface area contributed by atoms with Crippen LogP contribution in [0.5, 0.6) is 0 Å². The quantitative estimate of drug-likeness (QED) is 0.654. The minimum absolute atomic E-state index is 0.00259. The van der Waals surface area contributed by atoms with Crippen LogP contribution in [0.3, 0.4) is 0 Å². The molecule has 128 valence electrons. The summed E-state index contributed by atoms with van der Waals surface area (Å²) in [7, 11) is 0. The highest BCUT2D eigenvalue weighted by atomic mass is 15.2. The molecule has 5 aliphatic rings. The first-order chi connectivity index (χ1) is 11.1. The van der Waals surface area contributed by atoms with E-state index in [-0.39, 0.29) is 5.54 Å². The van der Waals surface area contributed by atoms with Gasteiger partial charge in [-0.15, -0.1) is 0 Å². The van der Waals surface area contributed by atoms with Crippen LogP contribution < -0.4 is 11.1 Å². The fraction of sp³-hybridized carbons (Fsp3) is 0.810. The molecule has 1 spiro atoms. The maximum Gasteiger partial charge on any atom is 0.0406 e. The van der Waals surface area contributed by atoms with Gasteiger partial charge in [-0.2, -0.15) is 0 Å². The second-order valence-electron chi connectivity index (χ2n) is 8.49. The maximum atomic E-state index is 7.06. The average molecular weight is 315 g/mol. The van der Waals surface area contributed by atoms with Crippen molar-refractivity contribution in [3.05, 3.63) is 23.8 Å². The van der Waals surface area contributed by atoms with E-state index < -0.39 is 0 Å². The molecule has 4 fully saturated rings. The number of piperidine rings is 1. The molecule has 4 aliphatic carbocycles. The van der Waals surface area contributed by atoms with Gasteiger partial charge in [0.2, 0.25) is 0 Å². The molecule has 0 bridgehead atoms. The van der Waals surface area contributed by atoms with Gasteiger partial charge in [0, 0.05) is 17.1 Å². The molecule has 0 amide bonds. The zero-order valence-electron chi connectivity index (χ0n) is 15.0. The van der Waals surface area contributed by atoms with Crippen LogP contribution in [0.15, 0.2) is 23.8 Å². The van der Waals surface area contributed by atoms with Crippen molar-refractivity contribution in [3.8, 4) is 0 Å². The number of hydrogen-bond acceptors (Lipinski definition) is 2. The molecule has 0 aromatic rings. The first-order valence-corrected chi connectivity index (χ1v) is 10.1. The van der Waals surface area contributed by atoms with E-state index in [1.165, 1.54) is 56.1 Å². The highest BCUT2D eigenvalue weighted by Gasteiger charge is 2.66. The lowest BCUT2D eigenvalue weighted by atomic mass is 9.57. The van der Waals surface area contributed by atoms with Gasteiger partial charge in [-0.05, 0) is 74.7 Å². The van der Waals surface area contributed by atoms with Crippen molar-refractivity contribution in [3.63, 3.8) is 0 Å². The Bertz CT molecular complexity index is 536. The van der Waals surface area contributed by atoms with Gasteiger partial charge in [0.15, 0.2) is 0 Å². The zero-order chi connectivity index (χ0) is 16.2. The summed E-state index contributed by atoms with van der Waals surface area (Å²) in [5.74, 6) is 2.53. The van der Waals surface area contributed by atoms with Crippen LogP contribution in [-0.2, 0) is 0 Å². The third-order valence-electron chi connectivity index (χ3n) is 7.79. The van der Waals surface area contributed by atoms with Crippen molar-refractivity contribution >= 4 is 0 Å². The first-order valence-electron chi connectivity index (χ1n) is 10.1. The summed E-state index contributed by atoms with van der Waals surface area (Å²) in [6, 6.07) is 0.859. The summed E-state index contributed by atoms with van der Waals surface area (Å²) in [6.45, 7) is 8.19. The van der Waals surface area contributed by atoms with Gasteiger partial charge in [0.05, 0.1) is 0 Å². The molecule has 6 atom stereocenters. The van der Waals surface area contributed by atoms with Gasteiger partial charge in [-0.1, -0.05) is 38.5 Å². The van der Waals surface area contributed by atoms with Crippen molar-refractivity contribution in [1.29, 1.82) is 0 Å². The second-order valence-corrected chi connectivity index (χ2v) is 8.49. The average Bonchev–Trinajstić information content (AvgIpc) is 3.21. The van der Waals surface area contributed by atoms with Crippen LogP contribution >= 0.6 is 0 Å². The van der Waals surface area contributed by atoms with Crippen LogP contribution in [0.1, 0.15) is 71.6 Å². The summed E-state index contributed by atoms with van der Waals surface area (Å²) in [6.07, 6.45) is 14.3. The fourth-order valence-corrected chi connectivity index (χ4v) is 6.79. The first kappa shape index (κ1) is 15.9. The van der Waals surface area contributed by atoms with E-state index in [2.05, 4.69) is 18.0 Å². The predicted octanol–water partition coefficient (Wildman–Crippen LogP) is 4.32. The number of hydrogen-bond donors (Lipinski definition) is 2. The Labute approximate surface area is 142 Å². The third-order valence-corrected chi connectivity index (χ3v) is 7.79. The molecule has 2 nitrogen and oxygen atoms in total. The standard InChI is InChI=1S/C19H28N2.C2H6/c1-12-8-10-18(20)13(11-12)4-5-14-15(18)3-2-9-19-16(14)6-7-17(19)21-19;1-2/h11,14-17,21H,1-10,20H2;1-2H3. The number of rotatable bonds is 0. The van der Waals surface area contributed by atoms with E-state index in [4.69, 9.17) is 5.73 Å². The molecule has 6 unspecified atom stereocenters.